The van der Waals surface area contributed by atoms with Gasteiger partial charge in [-0.3, -0.25) is 0 Å². The molecule has 0 spiro atoms. The molecular weight excluding hydrogens is 288 g/mol. The van der Waals surface area contributed by atoms with Crippen LogP contribution < -0.4 is 5.32 Å². The van der Waals surface area contributed by atoms with Gasteiger partial charge < -0.3 is 9.73 Å². The van der Waals surface area contributed by atoms with Gasteiger partial charge in [-0.1, -0.05) is 18.2 Å². The molecule has 0 aliphatic carbocycles. The summed E-state index contributed by atoms with van der Waals surface area (Å²) in [4.78, 5) is 0. The normalized spacial score (nSPS) is 20.1. The number of thioether (sulfide) groups is 2. The van der Waals surface area contributed by atoms with E-state index in [1.807, 2.05) is 17.8 Å². The molecule has 1 aromatic heterocycles. The summed E-state index contributed by atoms with van der Waals surface area (Å²) < 4.78 is 29.6. The van der Waals surface area contributed by atoms with E-state index in [-0.39, 0.29) is 5.75 Å². The summed E-state index contributed by atoms with van der Waals surface area (Å²) in [6, 6.07) is 3.64. The zero-order valence-electron chi connectivity index (χ0n) is 10.7. The van der Waals surface area contributed by atoms with Crippen LogP contribution in [0.25, 0.3) is 0 Å². The summed E-state index contributed by atoms with van der Waals surface area (Å²) in [6.07, 6.45) is 3.95. The molecule has 0 saturated carbocycles. The van der Waals surface area contributed by atoms with Gasteiger partial charge in [-0.25, -0.2) is 0 Å². The Kier molecular flexibility index (Phi) is 6.53. The Bertz CT molecular complexity index is 367. The third kappa shape index (κ3) is 5.75. The molecule has 0 aromatic carbocycles. The SMILES string of the molecule is FC(F)SCc1ccc(CNCC2CCCCS2)o1. The lowest BCUT2D eigenvalue weighted by molar-refractivity contribution is 0.251. The molecule has 6 heteroatoms. The van der Waals surface area contributed by atoms with Crippen molar-refractivity contribution in [3.05, 3.63) is 23.7 Å². The molecule has 1 atom stereocenters. The smallest absolute Gasteiger partial charge is 0.284 e. The average molecular weight is 307 g/mol. The van der Waals surface area contributed by atoms with Crippen LogP contribution in [-0.4, -0.2) is 23.3 Å². The van der Waals surface area contributed by atoms with Crippen LogP contribution in [0.4, 0.5) is 8.78 Å². The monoisotopic (exact) mass is 307 g/mol. The van der Waals surface area contributed by atoms with Gasteiger partial charge in [0.1, 0.15) is 11.5 Å². The lowest BCUT2D eigenvalue weighted by atomic mass is 10.2. The molecule has 2 nitrogen and oxygen atoms in total. The first kappa shape index (κ1) is 15.2. The molecule has 1 fully saturated rings. The van der Waals surface area contributed by atoms with Crippen LogP contribution in [0.15, 0.2) is 16.5 Å². The highest BCUT2D eigenvalue weighted by molar-refractivity contribution is 8.00. The van der Waals surface area contributed by atoms with Crippen LogP contribution in [0.2, 0.25) is 0 Å². The lowest BCUT2D eigenvalue weighted by Gasteiger charge is -2.21. The minimum absolute atomic E-state index is 0.232. The summed E-state index contributed by atoms with van der Waals surface area (Å²) in [5, 5.41) is 4.09. The molecule has 0 bridgehead atoms. The highest BCUT2D eigenvalue weighted by Crippen LogP contribution is 2.24. The van der Waals surface area contributed by atoms with E-state index in [9.17, 15) is 8.78 Å². The van der Waals surface area contributed by atoms with Crippen molar-refractivity contribution in [2.75, 3.05) is 12.3 Å². The molecule has 1 saturated heterocycles. The number of alkyl halides is 2. The number of hydrogen-bond donors (Lipinski definition) is 1. The van der Waals surface area contributed by atoms with Crippen LogP contribution in [0, 0.1) is 0 Å². The first-order valence-electron chi connectivity index (χ1n) is 6.53. The van der Waals surface area contributed by atoms with Crippen LogP contribution in [0.3, 0.4) is 0 Å². The van der Waals surface area contributed by atoms with E-state index >= 15 is 0 Å². The zero-order valence-corrected chi connectivity index (χ0v) is 12.4. The number of hydrogen-bond acceptors (Lipinski definition) is 4. The van der Waals surface area contributed by atoms with Crippen LogP contribution in [0.1, 0.15) is 30.8 Å². The third-order valence-electron chi connectivity index (χ3n) is 3.01. The molecule has 1 aliphatic rings. The van der Waals surface area contributed by atoms with Crippen molar-refractivity contribution in [1.82, 2.24) is 5.32 Å². The minimum Gasteiger partial charge on any atom is -0.464 e. The van der Waals surface area contributed by atoms with Gasteiger partial charge >= 0.3 is 0 Å². The average Bonchev–Trinajstić information content (AvgIpc) is 2.86. The quantitative estimate of drug-likeness (QED) is 0.819. The predicted molar refractivity (Wildman–Crippen MR) is 77.8 cm³/mol. The van der Waals surface area contributed by atoms with Gasteiger partial charge in [0.2, 0.25) is 0 Å². The molecular formula is C13H19F2NOS2. The second-order valence-corrected chi connectivity index (χ2v) is 6.95. The first-order valence-corrected chi connectivity index (χ1v) is 8.63. The molecule has 1 aromatic rings. The van der Waals surface area contributed by atoms with E-state index in [0.717, 1.165) is 12.3 Å². The van der Waals surface area contributed by atoms with Gasteiger partial charge in [0.25, 0.3) is 5.76 Å². The van der Waals surface area contributed by atoms with Crippen LogP contribution >= 0.6 is 23.5 Å². The van der Waals surface area contributed by atoms with E-state index in [1.54, 1.807) is 6.07 Å². The maximum atomic E-state index is 12.0. The number of rotatable bonds is 7. The second kappa shape index (κ2) is 8.17. The molecule has 2 rings (SSSR count). The Labute approximate surface area is 121 Å². The summed E-state index contributed by atoms with van der Waals surface area (Å²) in [5.41, 5.74) is 0. The van der Waals surface area contributed by atoms with E-state index in [0.29, 0.717) is 29.3 Å². The predicted octanol–water partition coefficient (Wildman–Crippen LogP) is 4.11. The van der Waals surface area contributed by atoms with Gasteiger partial charge in [0, 0.05) is 11.8 Å². The fourth-order valence-corrected chi connectivity index (χ4v) is 3.78. The molecule has 2 heterocycles. The fraction of sp³-hybridized carbons (Fsp3) is 0.692. The van der Waals surface area contributed by atoms with Crippen molar-refractivity contribution in [2.24, 2.45) is 0 Å². The van der Waals surface area contributed by atoms with Gasteiger partial charge in [-0.05, 0) is 30.7 Å². The van der Waals surface area contributed by atoms with Gasteiger partial charge in [0.05, 0.1) is 12.3 Å². The maximum absolute atomic E-state index is 12.0. The highest BCUT2D eigenvalue weighted by atomic mass is 32.2. The van der Waals surface area contributed by atoms with E-state index in [1.165, 1.54) is 25.0 Å². The van der Waals surface area contributed by atoms with Crippen LogP contribution in [-0.2, 0) is 12.3 Å². The fourth-order valence-electron chi connectivity index (χ4n) is 2.06. The molecule has 108 valence electrons. The Hall–Kier alpha value is -0.200. The minimum atomic E-state index is -2.34. The lowest BCUT2D eigenvalue weighted by Crippen LogP contribution is -2.26. The van der Waals surface area contributed by atoms with Crippen molar-refractivity contribution in [3.63, 3.8) is 0 Å². The van der Waals surface area contributed by atoms with Gasteiger partial charge in [0.15, 0.2) is 0 Å². The van der Waals surface area contributed by atoms with Crippen molar-refractivity contribution in [3.8, 4) is 0 Å². The molecule has 0 amide bonds. The molecule has 1 aliphatic heterocycles. The van der Waals surface area contributed by atoms with Gasteiger partial charge in [-0.15, -0.1) is 0 Å². The first-order chi connectivity index (χ1) is 9.24. The van der Waals surface area contributed by atoms with Crippen LogP contribution in [0.5, 0.6) is 0 Å². The number of furan rings is 1. The van der Waals surface area contributed by atoms with Crippen molar-refractivity contribution < 1.29 is 13.2 Å². The highest BCUT2D eigenvalue weighted by Gasteiger charge is 2.13. The van der Waals surface area contributed by atoms with Gasteiger partial charge in [-0.2, -0.15) is 20.5 Å². The second-order valence-electron chi connectivity index (χ2n) is 4.56. The summed E-state index contributed by atoms with van der Waals surface area (Å²) in [7, 11) is 0. The standard InChI is InChI=1S/C13H19F2NOS2/c14-13(15)19-9-11-5-4-10(17-11)7-16-8-12-3-1-2-6-18-12/h4-5,12-13,16H,1-3,6-9H2. The molecule has 0 radical (unpaired) electrons. The van der Waals surface area contributed by atoms with Crippen molar-refractivity contribution >= 4 is 23.5 Å². The third-order valence-corrected chi connectivity index (χ3v) is 5.12. The van der Waals surface area contributed by atoms with E-state index < -0.39 is 5.76 Å². The Balaban J connectivity index is 1.65. The van der Waals surface area contributed by atoms with Crippen molar-refractivity contribution in [1.29, 1.82) is 0 Å². The maximum Gasteiger partial charge on any atom is 0.284 e. The molecule has 1 N–H and O–H groups in total. The Morgan fingerprint density at radius 1 is 1.37 bits per heavy atom. The largest absolute Gasteiger partial charge is 0.464 e. The molecule has 19 heavy (non-hydrogen) atoms. The number of nitrogens with one attached hydrogen (secondary N) is 1. The summed E-state index contributed by atoms with van der Waals surface area (Å²) in [6.45, 7) is 1.67. The zero-order chi connectivity index (χ0) is 13.5. The van der Waals surface area contributed by atoms with Crippen molar-refractivity contribution in [2.45, 2.75) is 42.6 Å². The topological polar surface area (TPSA) is 25.2 Å². The summed E-state index contributed by atoms with van der Waals surface area (Å²) in [5.74, 6) is 0.605. The molecule has 1 unspecified atom stereocenters. The van der Waals surface area contributed by atoms with E-state index in [4.69, 9.17) is 4.42 Å². The Morgan fingerprint density at radius 3 is 2.95 bits per heavy atom. The summed E-state index contributed by atoms with van der Waals surface area (Å²) >= 11 is 2.63. The Morgan fingerprint density at radius 2 is 2.21 bits per heavy atom. The number of halogens is 2. The van der Waals surface area contributed by atoms with E-state index in [2.05, 4.69) is 5.32 Å².